The van der Waals surface area contributed by atoms with Crippen LogP contribution < -0.4 is 0 Å². The maximum Gasteiger partial charge on any atom is 0.237 e. The van der Waals surface area contributed by atoms with E-state index in [2.05, 4.69) is 39.5 Å². The van der Waals surface area contributed by atoms with Crippen molar-refractivity contribution in [3.63, 3.8) is 0 Å². The number of likely N-dealkylation sites (tertiary alicyclic amines) is 1. The third kappa shape index (κ3) is 3.26. The molecule has 0 spiro atoms. The minimum Gasteiger partial charge on any atom is -0.337 e. The molecule has 128 valence electrons. The van der Waals surface area contributed by atoms with Crippen LogP contribution in [0, 0.1) is 6.92 Å². The van der Waals surface area contributed by atoms with Crippen molar-refractivity contribution in [1.82, 2.24) is 19.6 Å². The van der Waals surface area contributed by atoms with Crippen LogP contribution >= 0.6 is 11.3 Å². The predicted molar refractivity (Wildman–Crippen MR) is 95.0 cm³/mol. The Kier molecular flexibility index (Phi) is 4.41. The Morgan fingerprint density at radius 2 is 2.33 bits per heavy atom. The van der Waals surface area contributed by atoms with Gasteiger partial charge in [0.15, 0.2) is 0 Å². The molecule has 2 aromatic heterocycles. The third-order valence-corrected chi connectivity index (χ3v) is 6.13. The number of amides is 1. The molecule has 2 aliphatic heterocycles. The molecular formula is C18H24N4OS. The molecule has 0 radical (unpaired) electrons. The first-order valence-corrected chi connectivity index (χ1v) is 9.63. The molecule has 5 nitrogen and oxygen atoms in total. The van der Waals surface area contributed by atoms with Crippen LogP contribution in [0.15, 0.2) is 23.8 Å². The summed E-state index contributed by atoms with van der Waals surface area (Å²) in [5.74, 6) is 0.278. The average Bonchev–Trinajstić information content (AvgIpc) is 3.28. The molecule has 2 aromatic rings. The molecule has 0 aliphatic carbocycles. The third-order valence-electron chi connectivity index (χ3n) is 5.10. The first-order chi connectivity index (χ1) is 11.7. The Bertz CT molecular complexity index is 722. The highest BCUT2D eigenvalue weighted by molar-refractivity contribution is 7.10. The summed E-state index contributed by atoms with van der Waals surface area (Å²) >= 11 is 1.84. The second kappa shape index (κ2) is 6.69. The smallest absolute Gasteiger partial charge is 0.237 e. The van der Waals surface area contributed by atoms with Gasteiger partial charge in [-0.2, -0.15) is 5.10 Å². The van der Waals surface area contributed by atoms with Crippen molar-refractivity contribution in [1.29, 1.82) is 0 Å². The predicted octanol–water partition coefficient (Wildman–Crippen LogP) is 2.30. The normalized spacial score (nSPS) is 21.2. The van der Waals surface area contributed by atoms with Crippen LogP contribution in [0.2, 0.25) is 0 Å². The number of rotatable bonds is 4. The molecule has 0 N–H and O–H groups in total. The topological polar surface area (TPSA) is 41.4 Å². The number of carbonyl (C=O) groups excluding carboxylic acids is 1. The van der Waals surface area contributed by atoms with E-state index < -0.39 is 0 Å². The van der Waals surface area contributed by atoms with E-state index in [4.69, 9.17) is 0 Å². The van der Waals surface area contributed by atoms with Gasteiger partial charge in [0, 0.05) is 30.7 Å². The summed E-state index contributed by atoms with van der Waals surface area (Å²) in [5, 5.41) is 6.54. The number of hydrogen-bond donors (Lipinski definition) is 0. The summed E-state index contributed by atoms with van der Waals surface area (Å²) in [4.78, 5) is 18.7. The number of fused-ring (bicyclic) bond motifs is 1. The second-order valence-corrected chi connectivity index (χ2v) is 7.95. The fraction of sp³-hybridized carbons (Fsp3) is 0.556. The zero-order chi connectivity index (χ0) is 16.5. The zero-order valence-corrected chi connectivity index (χ0v) is 15.0. The Labute approximate surface area is 146 Å². The van der Waals surface area contributed by atoms with Crippen molar-refractivity contribution in [3.05, 3.63) is 39.8 Å². The molecule has 4 heterocycles. The lowest BCUT2D eigenvalue weighted by Crippen LogP contribution is -2.45. The molecule has 0 unspecified atom stereocenters. The van der Waals surface area contributed by atoms with Crippen molar-refractivity contribution in [3.8, 4) is 0 Å². The molecule has 1 fully saturated rings. The van der Waals surface area contributed by atoms with Crippen molar-refractivity contribution in [2.75, 3.05) is 19.6 Å². The standard InChI is InChI=1S/C18H24N4OS/c1-14-9-19-21(10-14)12-16-3-2-6-22(16)18(23)13-20-7-4-17-15(11-20)5-8-24-17/h5,8-10,16H,2-4,6-7,11-13H2,1H3/t16-/m0/s1. The molecular weight excluding hydrogens is 320 g/mol. The summed E-state index contributed by atoms with van der Waals surface area (Å²) in [6.45, 7) is 6.22. The van der Waals surface area contributed by atoms with Crippen molar-refractivity contribution in [2.24, 2.45) is 0 Å². The Hall–Kier alpha value is -1.66. The molecule has 4 rings (SSSR count). The van der Waals surface area contributed by atoms with E-state index in [1.54, 1.807) is 0 Å². The molecule has 1 saturated heterocycles. The van der Waals surface area contributed by atoms with Gasteiger partial charge in [-0.05, 0) is 48.8 Å². The van der Waals surface area contributed by atoms with Crippen LogP contribution in [-0.4, -0.2) is 51.2 Å². The fourth-order valence-corrected chi connectivity index (χ4v) is 4.75. The molecule has 2 aliphatic rings. The quantitative estimate of drug-likeness (QED) is 0.855. The van der Waals surface area contributed by atoms with Gasteiger partial charge in [-0.15, -0.1) is 11.3 Å². The van der Waals surface area contributed by atoms with Gasteiger partial charge in [0.25, 0.3) is 0 Å². The monoisotopic (exact) mass is 344 g/mol. The minimum atomic E-state index is 0.278. The van der Waals surface area contributed by atoms with Crippen molar-refractivity contribution in [2.45, 2.75) is 45.3 Å². The maximum absolute atomic E-state index is 12.8. The first kappa shape index (κ1) is 15.8. The van der Waals surface area contributed by atoms with E-state index in [1.807, 2.05) is 22.2 Å². The highest BCUT2D eigenvalue weighted by Gasteiger charge is 2.30. The summed E-state index contributed by atoms with van der Waals surface area (Å²) in [6.07, 6.45) is 7.21. The molecule has 24 heavy (non-hydrogen) atoms. The fourth-order valence-electron chi connectivity index (χ4n) is 3.86. The van der Waals surface area contributed by atoms with Crippen LogP contribution in [0.3, 0.4) is 0 Å². The van der Waals surface area contributed by atoms with Gasteiger partial charge in [-0.3, -0.25) is 14.4 Å². The molecule has 0 saturated carbocycles. The van der Waals surface area contributed by atoms with Crippen LogP contribution in [-0.2, 0) is 24.3 Å². The van der Waals surface area contributed by atoms with Gasteiger partial charge in [-0.25, -0.2) is 0 Å². The van der Waals surface area contributed by atoms with E-state index in [9.17, 15) is 4.79 Å². The van der Waals surface area contributed by atoms with Crippen LogP contribution in [0.5, 0.6) is 0 Å². The number of aryl methyl sites for hydroxylation is 1. The Morgan fingerprint density at radius 3 is 3.17 bits per heavy atom. The largest absolute Gasteiger partial charge is 0.337 e. The minimum absolute atomic E-state index is 0.278. The van der Waals surface area contributed by atoms with Crippen molar-refractivity contribution >= 4 is 17.2 Å². The zero-order valence-electron chi connectivity index (χ0n) is 14.1. The van der Waals surface area contributed by atoms with Gasteiger partial charge in [0.2, 0.25) is 5.91 Å². The number of carbonyl (C=O) groups is 1. The summed E-state index contributed by atoms with van der Waals surface area (Å²) in [5.41, 5.74) is 2.58. The van der Waals surface area contributed by atoms with Gasteiger partial charge >= 0.3 is 0 Å². The van der Waals surface area contributed by atoms with E-state index in [1.165, 1.54) is 16.0 Å². The van der Waals surface area contributed by atoms with Crippen molar-refractivity contribution < 1.29 is 4.79 Å². The lowest BCUT2D eigenvalue weighted by molar-refractivity contribution is -0.133. The molecule has 1 atom stereocenters. The number of nitrogens with zero attached hydrogens (tertiary/aromatic N) is 4. The van der Waals surface area contributed by atoms with Gasteiger partial charge in [0.05, 0.1) is 25.3 Å². The lowest BCUT2D eigenvalue weighted by atomic mass is 10.1. The second-order valence-electron chi connectivity index (χ2n) is 6.95. The van der Waals surface area contributed by atoms with Gasteiger partial charge in [0.1, 0.15) is 0 Å². The van der Waals surface area contributed by atoms with E-state index in [0.717, 1.165) is 45.4 Å². The summed E-state index contributed by atoms with van der Waals surface area (Å²) in [6, 6.07) is 2.49. The average molecular weight is 344 g/mol. The number of thiophene rings is 1. The summed E-state index contributed by atoms with van der Waals surface area (Å²) < 4.78 is 1.98. The van der Waals surface area contributed by atoms with E-state index in [-0.39, 0.29) is 5.91 Å². The number of hydrogen-bond acceptors (Lipinski definition) is 4. The molecule has 0 bridgehead atoms. The number of aromatic nitrogens is 2. The first-order valence-electron chi connectivity index (χ1n) is 8.75. The van der Waals surface area contributed by atoms with Crippen LogP contribution in [0.25, 0.3) is 0 Å². The van der Waals surface area contributed by atoms with Gasteiger partial charge < -0.3 is 4.90 Å². The van der Waals surface area contributed by atoms with Crippen LogP contribution in [0.1, 0.15) is 28.8 Å². The van der Waals surface area contributed by atoms with E-state index >= 15 is 0 Å². The lowest BCUT2D eigenvalue weighted by Gasteiger charge is -2.30. The van der Waals surface area contributed by atoms with Crippen LogP contribution in [0.4, 0.5) is 0 Å². The maximum atomic E-state index is 12.8. The SMILES string of the molecule is Cc1cnn(C[C@@H]2CCCN2C(=O)CN2CCc3sccc3C2)c1. The molecule has 6 heteroatoms. The Morgan fingerprint density at radius 1 is 1.42 bits per heavy atom. The highest BCUT2D eigenvalue weighted by atomic mass is 32.1. The molecule has 1 amide bonds. The summed E-state index contributed by atoms with van der Waals surface area (Å²) in [7, 11) is 0. The highest BCUT2D eigenvalue weighted by Crippen LogP contribution is 2.25. The molecule has 0 aromatic carbocycles. The Balaban J connectivity index is 1.37. The van der Waals surface area contributed by atoms with E-state index in [0.29, 0.717) is 12.6 Å². The van der Waals surface area contributed by atoms with Gasteiger partial charge in [-0.1, -0.05) is 0 Å².